The Bertz CT molecular complexity index is 330. The number of benzene rings is 1. The van der Waals surface area contributed by atoms with Crippen LogP contribution in [0.25, 0.3) is 0 Å². The number of hydrogen-bond donors (Lipinski definition) is 2. The molecule has 1 unspecified atom stereocenters. The molecule has 90 valence electrons. The second-order valence-electron chi connectivity index (χ2n) is 3.54. The zero-order valence-corrected chi connectivity index (χ0v) is 8.93. The summed E-state index contributed by atoms with van der Waals surface area (Å²) in [6.45, 7) is 2.01. The summed E-state index contributed by atoms with van der Waals surface area (Å²) < 4.78 is 38.3. The maximum absolute atomic E-state index is 12.8. The minimum Gasteiger partial charge on any atom is -0.395 e. The number of aliphatic hydroxyl groups is 1. The highest BCUT2D eigenvalue weighted by atomic mass is 19.2. The lowest BCUT2D eigenvalue weighted by atomic mass is 10.1. The van der Waals surface area contributed by atoms with Crippen LogP contribution in [0, 0.1) is 17.5 Å². The lowest BCUT2D eigenvalue weighted by Crippen LogP contribution is -2.31. The van der Waals surface area contributed by atoms with Gasteiger partial charge in [0.1, 0.15) is 0 Å². The predicted octanol–water partition coefficient (Wildman–Crippen LogP) is 1.96. The largest absolute Gasteiger partial charge is 0.395 e. The molecule has 0 amide bonds. The Morgan fingerprint density at radius 3 is 2.25 bits per heavy atom. The monoisotopic (exact) mass is 233 g/mol. The van der Waals surface area contributed by atoms with Crippen LogP contribution in [0.3, 0.4) is 0 Å². The van der Waals surface area contributed by atoms with Gasteiger partial charge in [-0.25, -0.2) is 13.2 Å². The second kappa shape index (κ2) is 5.86. The molecule has 0 aliphatic carbocycles. The van der Waals surface area contributed by atoms with Crippen molar-refractivity contribution in [2.45, 2.75) is 25.9 Å². The fraction of sp³-hybridized carbons (Fsp3) is 0.455. The maximum Gasteiger partial charge on any atom is 0.194 e. The van der Waals surface area contributed by atoms with Crippen molar-refractivity contribution in [2.75, 3.05) is 6.61 Å². The van der Waals surface area contributed by atoms with Crippen molar-refractivity contribution in [3.05, 3.63) is 35.1 Å². The minimum absolute atomic E-state index is 0.0529. The van der Waals surface area contributed by atoms with Crippen LogP contribution in [0.5, 0.6) is 0 Å². The summed E-state index contributed by atoms with van der Waals surface area (Å²) in [6.07, 6.45) is 0.697. The van der Waals surface area contributed by atoms with Crippen molar-refractivity contribution >= 4 is 0 Å². The summed E-state index contributed by atoms with van der Waals surface area (Å²) in [5, 5.41) is 11.8. The van der Waals surface area contributed by atoms with Crippen molar-refractivity contribution in [3.8, 4) is 0 Å². The summed E-state index contributed by atoms with van der Waals surface area (Å²) in [5.74, 6) is -3.86. The van der Waals surface area contributed by atoms with E-state index in [2.05, 4.69) is 5.32 Å². The molecule has 0 saturated carbocycles. The maximum atomic E-state index is 12.8. The van der Waals surface area contributed by atoms with Crippen molar-refractivity contribution in [2.24, 2.45) is 0 Å². The van der Waals surface area contributed by atoms with Gasteiger partial charge in [0, 0.05) is 12.6 Å². The number of hydrogen-bond acceptors (Lipinski definition) is 2. The van der Waals surface area contributed by atoms with Crippen LogP contribution in [0.4, 0.5) is 13.2 Å². The highest BCUT2D eigenvalue weighted by Gasteiger charge is 2.11. The first-order valence-electron chi connectivity index (χ1n) is 5.06. The fourth-order valence-electron chi connectivity index (χ4n) is 1.31. The number of rotatable bonds is 5. The van der Waals surface area contributed by atoms with Crippen molar-refractivity contribution in [1.82, 2.24) is 5.32 Å². The quantitative estimate of drug-likeness (QED) is 0.762. The first kappa shape index (κ1) is 13.0. The number of aliphatic hydroxyl groups excluding tert-OH is 1. The fourth-order valence-corrected chi connectivity index (χ4v) is 1.31. The summed E-state index contributed by atoms with van der Waals surface area (Å²) >= 11 is 0. The van der Waals surface area contributed by atoms with E-state index in [-0.39, 0.29) is 19.2 Å². The van der Waals surface area contributed by atoms with Gasteiger partial charge in [-0.15, -0.1) is 0 Å². The molecule has 5 heteroatoms. The van der Waals surface area contributed by atoms with Gasteiger partial charge in [-0.05, 0) is 24.1 Å². The molecule has 0 fully saturated rings. The molecule has 2 N–H and O–H groups in total. The topological polar surface area (TPSA) is 32.3 Å². The molecule has 0 aliphatic heterocycles. The van der Waals surface area contributed by atoms with E-state index in [0.717, 1.165) is 12.1 Å². The average molecular weight is 233 g/mol. The van der Waals surface area contributed by atoms with Crippen molar-refractivity contribution in [1.29, 1.82) is 0 Å². The van der Waals surface area contributed by atoms with Gasteiger partial charge in [-0.2, -0.15) is 0 Å². The highest BCUT2D eigenvalue weighted by molar-refractivity contribution is 5.19. The SMILES string of the molecule is CCC(CO)NCc1cc(F)c(F)c(F)c1. The van der Waals surface area contributed by atoms with Gasteiger partial charge in [0.15, 0.2) is 17.5 Å². The van der Waals surface area contributed by atoms with E-state index in [1.165, 1.54) is 0 Å². The van der Waals surface area contributed by atoms with E-state index in [1.807, 2.05) is 6.92 Å². The summed E-state index contributed by atoms with van der Waals surface area (Å²) in [6, 6.07) is 1.75. The third-order valence-corrected chi connectivity index (χ3v) is 2.35. The molecule has 1 rings (SSSR count). The van der Waals surface area contributed by atoms with Gasteiger partial charge >= 0.3 is 0 Å². The van der Waals surface area contributed by atoms with Crippen LogP contribution in [0.1, 0.15) is 18.9 Å². The zero-order chi connectivity index (χ0) is 12.1. The first-order chi connectivity index (χ1) is 7.58. The average Bonchev–Trinajstić information content (AvgIpc) is 2.27. The lowest BCUT2D eigenvalue weighted by Gasteiger charge is -2.13. The van der Waals surface area contributed by atoms with E-state index in [9.17, 15) is 13.2 Å². The number of nitrogens with one attached hydrogen (secondary N) is 1. The van der Waals surface area contributed by atoms with Crippen LogP contribution >= 0.6 is 0 Å². The summed E-state index contributed by atoms with van der Waals surface area (Å²) in [4.78, 5) is 0. The Kier molecular flexibility index (Phi) is 4.76. The van der Waals surface area contributed by atoms with E-state index >= 15 is 0 Å². The molecule has 0 bridgehead atoms. The Labute approximate surface area is 92.1 Å². The predicted molar refractivity (Wildman–Crippen MR) is 54.3 cm³/mol. The molecule has 0 saturated heterocycles. The van der Waals surface area contributed by atoms with Gasteiger partial charge < -0.3 is 10.4 Å². The van der Waals surface area contributed by atoms with Crippen LogP contribution < -0.4 is 5.32 Å². The zero-order valence-electron chi connectivity index (χ0n) is 8.93. The smallest absolute Gasteiger partial charge is 0.194 e. The van der Waals surface area contributed by atoms with E-state index in [0.29, 0.717) is 12.0 Å². The van der Waals surface area contributed by atoms with Gasteiger partial charge in [-0.1, -0.05) is 6.92 Å². The third-order valence-electron chi connectivity index (χ3n) is 2.35. The summed E-state index contributed by atoms with van der Waals surface area (Å²) in [7, 11) is 0. The Hall–Kier alpha value is -1.07. The third kappa shape index (κ3) is 3.21. The molecule has 1 aromatic carbocycles. The van der Waals surface area contributed by atoms with E-state index in [1.54, 1.807) is 0 Å². The molecule has 0 heterocycles. The molecular weight excluding hydrogens is 219 g/mol. The number of halogens is 3. The molecule has 16 heavy (non-hydrogen) atoms. The van der Waals surface area contributed by atoms with E-state index in [4.69, 9.17) is 5.11 Å². The van der Waals surface area contributed by atoms with Gasteiger partial charge in [0.2, 0.25) is 0 Å². The molecule has 2 nitrogen and oxygen atoms in total. The molecule has 0 radical (unpaired) electrons. The second-order valence-corrected chi connectivity index (χ2v) is 3.54. The standard InChI is InChI=1S/C11H14F3NO/c1-2-8(6-16)15-5-7-3-9(12)11(14)10(13)4-7/h3-4,8,15-16H,2,5-6H2,1H3. The van der Waals surface area contributed by atoms with Gasteiger partial charge in [-0.3, -0.25) is 0 Å². The van der Waals surface area contributed by atoms with Crippen LogP contribution in [-0.2, 0) is 6.54 Å². The molecule has 0 spiro atoms. The lowest BCUT2D eigenvalue weighted by molar-refractivity contribution is 0.238. The minimum atomic E-state index is -1.46. The normalized spacial score (nSPS) is 12.8. The van der Waals surface area contributed by atoms with Crippen molar-refractivity contribution in [3.63, 3.8) is 0 Å². The highest BCUT2D eigenvalue weighted by Crippen LogP contribution is 2.13. The Balaban J connectivity index is 2.68. The van der Waals surface area contributed by atoms with Crippen LogP contribution in [0.2, 0.25) is 0 Å². The molecule has 1 atom stereocenters. The molecular formula is C11H14F3NO. The summed E-state index contributed by atoms with van der Waals surface area (Å²) in [5.41, 5.74) is 0.309. The molecule has 0 aromatic heterocycles. The van der Waals surface area contributed by atoms with E-state index < -0.39 is 17.5 Å². The molecule has 1 aromatic rings. The van der Waals surface area contributed by atoms with Crippen LogP contribution in [-0.4, -0.2) is 17.8 Å². The first-order valence-corrected chi connectivity index (χ1v) is 5.06. The van der Waals surface area contributed by atoms with Gasteiger partial charge in [0.05, 0.1) is 6.61 Å². The Morgan fingerprint density at radius 2 is 1.81 bits per heavy atom. The van der Waals surface area contributed by atoms with Crippen LogP contribution in [0.15, 0.2) is 12.1 Å². The Morgan fingerprint density at radius 1 is 1.25 bits per heavy atom. The molecule has 0 aliphatic rings. The van der Waals surface area contributed by atoms with Crippen molar-refractivity contribution < 1.29 is 18.3 Å². The van der Waals surface area contributed by atoms with Gasteiger partial charge in [0.25, 0.3) is 0 Å².